The second kappa shape index (κ2) is 6.44. The van der Waals surface area contributed by atoms with Crippen molar-refractivity contribution in [3.05, 3.63) is 57.6 Å². The Morgan fingerprint density at radius 3 is 2.35 bits per heavy atom. The first-order valence-corrected chi connectivity index (χ1v) is 7.22. The lowest BCUT2D eigenvalue weighted by atomic mass is 10.1. The number of anilines is 2. The Labute approximate surface area is 134 Å². The number of nitrogens with one attached hydrogen (secondary N) is 2. The third-order valence-electron chi connectivity index (χ3n) is 2.94. The Kier molecular flexibility index (Phi) is 4.86. The summed E-state index contributed by atoms with van der Waals surface area (Å²) < 4.78 is 0. The minimum Gasteiger partial charge on any atom is -0.332 e. The quantitative estimate of drug-likeness (QED) is 0.721. The molecule has 2 nitrogen and oxygen atoms in total. The molecule has 0 spiro atoms. The Morgan fingerprint density at radius 1 is 0.950 bits per heavy atom. The number of rotatable bonds is 2. The number of halogens is 2. The third kappa shape index (κ3) is 3.85. The second-order valence-electron chi connectivity index (χ2n) is 4.50. The maximum Gasteiger partial charge on any atom is 0.175 e. The molecule has 0 unspecified atom stereocenters. The van der Waals surface area contributed by atoms with E-state index in [-0.39, 0.29) is 0 Å². The predicted octanol–water partition coefficient (Wildman–Crippen LogP) is 5.42. The Bertz CT molecular complexity index is 656. The SMILES string of the molecule is Cc1ccc(NC(=S)Nc2ccc(Cl)cc2Cl)cc1C. The van der Waals surface area contributed by atoms with Crippen molar-refractivity contribution >= 4 is 51.9 Å². The first-order valence-electron chi connectivity index (χ1n) is 6.06. The summed E-state index contributed by atoms with van der Waals surface area (Å²) >= 11 is 17.2. The second-order valence-corrected chi connectivity index (χ2v) is 5.75. The van der Waals surface area contributed by atoms with Gasteiger partial charge in [0.15, 0.2) is 5.11 Å². The third-order valence-corrected chi connectivity index (χ3v) is 3.70. The van der Waals surface area contributed by atoms with Crippen LogP contribution in [0.5, 0.6) is 0 Å². The van der Waals surface area contributed by atoms with E-state index in [1.165, 1.54) is 11.1 Å². The first kappa shape index (κ1) is 15.1. The van der Waals surface area contributed by atoms with Gasteiger partial charge in [0, 0.05) is 10.7 Å². The number of aryl methyl sites for hydroxylation is 2. The standard InChI is InChI=1S/C15H14Cl2N2S/c1-9-3-5-12(7-10(9)2)18-15(20)19-14-6-4-11(16)8-13(14)17/h3-8H,1-2H3,(H2,18,19,20). The molecular weight excluding hydrogens is 311 g/mol. The molecule has 0 atom stereocenters. The molecule has 0 aliphatic rings. The van der Waals surface area contributed by atoms with Crippen LogP contribution in [0.3, 0.4) is 0 Å². The largest absolute Gasteiger partial charge is 0.332 e. The summed E-state index contributed by atoms with van der Waals surface area (Å²) in [6, 6.07) is 11.3. The summed E-state index contributed by atoms with van der Waals surface area (Å²) in [4.78, 5) is 0. The zero-order valence-electron chi connectivity index (χ0n) is 11.1. The predicted molar refractivity (Wildman–Crippen MR) is 92.2 cm³/mol. The normalized spacial score (nSPS) is 10.2. The molecule has 0 aliphatic heterocycles. The van der Waals surface area contributed by atoms with Gasteiger partial charge in [0.25, 0.3) is 0 Å². The molecule has 2 N–H and O–H groups in total. The van der Waals surface area contributed by atoms with Gasteiger partial charge in [0.2, 0.25) is 0 Å². The molecule has 0 amide bonds. The van der Waals surface area contributed by atoms with Crippen molar-refractivity contribution < 1.29 is 0 Å². The first-order chi connectivity index (χ1) is 9.45. The van der Waals surface area contributed by atoms with Crippen LogP contribution in [0.2, 0.25) is 10.0 Å². The van der Waals surface area contributed by atoms with Crippen LogP contribution >= 0.6 is 35.4 Å². The van der Waals surface area contributed by atoms with E-state index in [0.717, 1.165) is 11.4 Å². The lowest BCUT2D eigenvalue weighted by Gasteiger charge is -2.13. The van der Waals surface area contributed by atoms with E-state index in [2.05, 4.69) is 30.5 Å². The molecule has 0 heterocycles. The fraction of sp³-hybridized carbons (Fsp3) is 0.133. The highest BCUT2D eigenvalue weighted by atomic mass is 35.5. The molecule has 0 aromatic heterocycles. The maximum absolute atomic E-state index is 6.09. The summed E-state index contributed by atoms with van der Waals surface area (Å²) in [5.74, 6) is 0. The van der Waals surface area contributed by atoms with E-state index in [9.17, 15) is 0 Å². The topological polar surface area (TPSA) is 24.1 Å². The summed E-state index contributed by atoms with van der Waals surface area (Å²) in [5.41, 5.74) is 4.12. The molecule has 0 radical (unpaired) electrons. The molecule has 104 valence electrons. The van der Waals surface area contributed by atoms with E-state index in [4.69, 9.17) is 35.4 Å². The molecular formula is C15H14Cl2N2S. The monoisotopic (exact) mass is 324 g/mol. The fourth-order valence-corrected chi connectivity index (χ4v) is 2.38. The van der Waals surface area contributed by atoms with Gasteiger partial charge in [-0.2, -0.15) is 0 Å². The van der Waals surface area contributed by atoms with Crippen molar-refractivity contribution in [1.29, 1.82) is 0 Å². The zero-order chi connectivity index (χ0) is 14.7. The van der Waals surface area contributed by atoms with Gasteiger partial charge in [0.05, 0.1) is 10.7 Å². The van der Waals surface area contributed by atoms with Crippen molar-refractivity contribution in [2.24, 2.45) is 0 Å². The molecule has 0 aliphatic carbocycles. The van der Waals surface area contributed by atoms with Crippen molar-refractivity contribution in [3.8, 4) is 0 Å². The minimum absolute atomic E-state index is 0.484. The lowest BCUT2D eigenvalue weighted by molar-refractivity contribution is 1.34. The molecule has 20 heavy (non-hydrogen) atoms. The van der Waals surface area contributed by atoms with Crippen LogP contribution in [0.1, 0.15) is 11.1 Å². The van der Waals surface area contributed by atoms with Gasteiger partial charge in [-0.15, -0.1) is 0 Å². The number of hydrogen-bond acceptors (Lipinski definition) is 1. The Balaban J connectivity index is 2.07. The van der Waals surface area contributed by atoms with Gasteiger partial charge in [-0.3, -0.25) is 0 Å². The maximum atomic E-state index is 6.09. The molecule has 5 heteroatoms. The van der Waals surface area contributed by atoms with Crippen LogP contribution in [-0.2, 0) is 0 Å². The van der Waals surface area contributed by atoms with E-state index in [1.807, 2.05) is 12.1 Å². The molecule has 0 fully saturated rings. The zero-order valence-corrected chi connectivity index (χ0v) is 13.5. The van der Waals surface area contributed by atoms with E-state index >= 15 is 0 Å². The van der Waals surface area contributed by atoms with Crippen LogP contribution in [0.4, 0.5) is 11.4 Å². The summed E-state index contributed by atoms with van der Waals surface area (Å²) in [6.45, 7) is 4.14. The van der Waals surface area contributed by atoms with Gasteiger partial charge in [-0.25, -0.2) is 0 Å². The Morgan fingerprint density at radius 2 is 1.70 bits per heavy atom. The van der Waals surface area contributed by atoms with Gasteiger partial charge < -0.3 is 10.6 Å². The highest BCUT2D eigenvalue weighted by molar-refractivity contribution is 7.80. The minimum atomic E-state index is 0.484. The van der Waals surface area contributed by atoms with Crippen LogP contribution in [0, 0.1) is 13.8 Å². The van der Waals surface area contributed by atoms with Crippen molar-refractivity contribution in [1.82, 2.24) is 0 Å². The highest BCUT2D eigenvalue weighted by Crippen LogP contribution is 2.25. The smallest absolute Gasteiger partial charge is 0.175 e. The lowest BCUT2D eigenvalue weighted by Crippen LogP contribution is -2.19. The number of thiocarbonyl (C=S) groups is 1. The fourth-order valence-electron chi connectivity index (χ4n) is 1.69. The number of benzene rings is 2. The van der Waals surface area contributed by atoms with Crippen LogP contribution in [0.25, 0.3) is 0 Å². The van der Waals surface area contributed by atoms with Gasteiger partial charge in [-0.05, 0) is 67.5 Å². The van der Waals surface area contributed by atoms with Crippen molar-refractivity contribution in [2.45, 2.75) is 13.8 Å². The number of hydrogen-bond donors (Lipinski definition) is 2. The van der Waals surface area contributed by atoms with Crippen LogP contribution < -0.4 is 10.6 Å². The average molecular weight is 325 g/mol. The molecule has 2 rings (SSSR count). The van der Waals surface area contributed by atoms with Crippen LogP contribution in [0.15, 0.2) is 36.4 Å². The molecule has 2 aromatic carbocycles. The van der Waals surface area contributed by atoms with Crippen molar-refractivity contribution in [2.75, 3.05) is 10.6 Å². The highest BCUT2D eigenvalue weighted by Gasteiger charge is 2.04. The van der Waals surface area contributed by atoms with E-state index in [1.54, 1.807) is 18.2 Å². The summed E-state index contributed by atoms with van der Waals surface area (Å²) in [6.07, 6.45) is 0. The average Bonchev–Trinajstić information content (AvgIpc) is 2.37. The van der Waals surface area contributed by atoms with Crippen LogP contribution in [-0.4, -0.2) is 5.11 Å². The van der Waals surface area contributed by atoms with Gasteiger partial charge >= 0.3 is 0 Å². The van der Waals surface area contributed by atoms with Gasteiger partial charge in [-0.1, -0.05) is 29.3 Å². The van der Waals surface area contributed by atoms with Crippen molar-refractivity contribution in [3.63, 3.8) is 0 Å². The summed E-state index contributed by atoms with van der Waals surface area (Å²) in [5, 5.41) is 7.78. The molecule has 0 bridgehead atoms. The molecule has 0 saturated heterocycles. The van der Waals surface area contributed by atoms with Gasteiger partial charge in [0.1, 0.15) is 0 Å². The van der Waals surface area contributed by atoms with E-state index in [0.29, 0.717) is 15.2 Å². The molecule has 0 saturated carbocycles. The summed E-state index contributed by atoms with van der Waals surface area (Å²) in [7, 11) is 0. The van der Waals surface area contributed by atoms with E-state index < -0.39 is 0 Å². The Hall–Kier alpha value is -1.29. The molecule has 2 aromatic rings.